The van der Waals surface area contributed by atoms with Crippen LogP contribution in [0.5, 0.6) is 0 Å². The van der Waals surface area contributed by atoms with Crippen LogP contribution in [0.25, 0.3) is 0 Å². The minimum Gasteiger partial charge on any atom is -0.0654 e. The third-order valence-electron chi connectivity index (χ3n) is 1.46. The van der Waals surface area contributed by atoms with Crippen LogP contribution in [-0.2, 0) is 0 Å². The van der Waals surface area contributed by atoms with Gasteiger partial charge in [-0.3, -0.25) is 0 Å². The van der Waals surface area contributed by atoms with Crippen molar-refractivity contribution in [3.05, 3.63) is 0 Å². The largest absolute Gasteiger partial charge is 0.0654 e. The van der Waals surface area contributed by atoms with Crippen LogP contribution < -0.4 is 0 Å². The van der Waals surface area contributed by atoms with Crippen molar-refractivity contribution in [1.29, 1.82) is 0 Å². The summed E-state index contributed by atoms with van der Waals surface area (Å²) in [6, 6.07) is 0. The van der Waals surface area contributed by atoms with Crippen molar-refractivity contribution in [2.75, 3.05) is 0 Å². The minimum atomic E-state index is 0. The second-order valence-electron chi connectivity index (χ2n) is 2.41. The Morgan fingerprint density at radius 1 is 0.667 bits per heavy atom. The first-order valence-electron chi connectivity index (χ1n) is 3.91. The molecule has 0 bridgehead atoms. The fourth-order valence-corrected chi connectivity index (χ4v) is 0.854. The van der Waals surface area contributed by atoms with Crippen LogP contribution in [0.1, 0.15) is 52.4 Å². The summed E-state index contributed by atoms with van der Waals surface area (Å²) in [4.78, 5) is 0. The van der Waals surface area contributed by atoms with Gasteiger partial charge in [0.05, 0.1) is 0 Å². The van der Waals surface area contributed by atoms with Crippen LogP contribution in [0.2, 0.25) is 0 Å². The topological polar surface area (TPSA) is 0 Å². The molecule has 0 amide bonds. The molecule has 0 spiro atoms. The predicted octanol–water partition coefficient (Wildman–Crippen LogP) is 3.37. The van der Waals surface area contributed by atoms with Crippen molar-refractivity contribution >= 4 is 0 Å². The Hall–Kier alpha value is 1.27. The molecule has 1 heteroatoms. The van der Waals surface area contributed by atoms with E-state index in [0.29, 0.717) is 0 Å². The summed E-state index contributed by atoms with van der Waals surface area (Å²) < 4.78 is 0. The zero-order valence-corrected chi connectivity index (χ0v) is 8.59. The molecule has 0 heterocycles. The monoisotopic (exact) mass is 278 g/mol. The molecule has 0 aromatic carbocycles. The SMILES string of the molecule is CCCCCCCC.[Dy]. The molecule has 0 aliphatic carbocycles. The van der Waals surface area contributed by atoms with Crippen molar-refractivity contribution < 1.29 is 38.2 Å². The number of rotatable bonds is 5. The van der Waals surface area contributed by atoms with Gasteiger partial charge < -0.3 is 0 Å². The van der Waals surface area contributed by atoms with E-state index in [-0.39, 0.29) is 38.2 Å². The molecular formula is C8H18Dy. The first kappa shape index (κ1) is 12.9. The fourth-order valence-electron chi connectivity index (χ4n) is 0.854. The van der Waals surface area contributed by atoms with E-state index in [1.165, 1.54) is 38.5 Å². The Morgan fingerprint density at radius 2 is 1.00 bits per heavy atom. The van der Waals surface area contributed by atoms with Crippen LogP contribution >= 0.6 is 0 Å². The molecular weight excluding hydrogens is 259 g/mol. The average molecular weight is 277 g/mol. The fraction of sp³-hybridized carbons (Fsp3) is 1.00. The van der Waals surface area contributed by atoms with Gasteiger partial charge in [0.1, 0.15) is 0 Å². The van der Waals surface area contributed by atoms with Gasteiger partial charge in [-0.25, -0.2) is 0 Å². The van der Waals surface area contributed by atoms with Crippen molar-refractivity contribution in [2.24, 2.45) is 0 Å². The number of hydrogen-bond donors (Lipinski definition) is 0. The molecule has 0 nitrogen and oxygen atoms in total. The molecule has 0 N–H and O–H groups in total. The van der Waals surface area contributed by atoms with E-state index in [4.69, 9.17) is 0 Å². The van der Waals surface area contributed by atoms with Crippen LogP contribution in [0.4, 0.5) is 0 Å². The molecule has 60 valence electrons. The molecule has 0 aliphatic heterocycles. The zero-order chi connectivity index (χ0) is 6.24. The third kappa shape index (κ3) is 12.5. The molecule has 0 aliphatic rings. The zero-order valence-electron chi connectivity index (χ0n) is 6.56. The quantitative estimate of drug-likeness (QED) is 0.676. The van der Waals surface area contributed by atoms with Crippen molar-refractivity contribution in [3.8, 4) is 0 Å². The Balaban J connectivity index is 0. The van der Waals surface area contributed by atoms with E-state index in [1.807, 2.05) is 0 Å². The standard InChI is InChI=1S/C8H18.Dy/c1-3-5-7-8-6-4-2;/h3-8H2,1-2H3;. The average Bonchev–Trinajstić information content (AvgIpc) is 1.81. The van der Waals surface area contributed by atoms with E-state index in [2.05, 4.69) is 13.8 Å². The first-order chi connectivity index (χ1) is 3.91. The predicted molar refractivity (Wildman–Crippen MR) is 39.0 cm³/mol. The van der Waals surface area contributed by atoms with Gasteiger partial charge in [0.25, 0.3) is 0 Å². The van der Waals surface area contributed by atoms with Gasteiger partial charge in [-0.2, -0.15) is 0 Å². The molecule has 0 radical (unpaired) electrons. The van der Waals surface area contributed by atoms with Gasteiger partial charge in [-0.1, -0.05) is 52.4 Å². The van der Waals surface area contributed by atoms with Crippen molar-refractivity contribution in [2.45, 2.75) is 52.4 Å². The van der Waals surface area contributed by atoms with Gasteiger partial charge in [0.2, 0.25) is 0 Å². The van der Waals surface area contributed by atoms with Crippen molar-refractivity contribution in [3.63, 3.8) is 0 Å². The summed E-state index contributed by atoms with van der Waals surface area (Å²) >= 11 is 0. The van der Waals surface area contributed by atoms with E-state index in [0.717, 1.165) is 0 Å². The van der Waals surface area contributed by atoms with Crippen LogP contribution in [0.3, 0.4) is 0 Å². The summed E-state index contributed by atoms with van der Waals surface area (Å²) in [6.07, 6.45) is 8.49. The van der Waals surface area contributed by atoms with Gasteiger partial charge in [-0.15, -0.1) is 0 Å². The summed E-state index contributed by atoms with van der Waals surface area (Å²) in [5.41, 5.74) is 0. The molecule has 0 saturated heterocycles. The van der Waals surface area contributed by atoms with Crippen molar-refractivity contribution in [1.82, 2.24) is 0 Å². The molecule has 0 atom stereocenters. The normalized spacial score (nSPS) is 8.67. The molecule has 0 fully saturated rings. The van der Waals surface area contributed by atoms with Gasteiger partial charge >= 0.3 is 0 Å². The van der Waals surface area contributed by atoms with Gasteiger partial charge in [0, 0.05) is 38.2 Å². The van der Waals surface area contributed by atoms with E-state index < -0.39 is 0 Å². The Kier molecular flexibility index (Phi) is 17.2. The van der Waals surface area contributed by atoms with Gasteiger partial charge in [-0.05, 0) is 0 Å². The Labute approximate surface area is 89.8 Å². The second kappa shape index (κ2) is 12.0. The molecule has 0 aromatic heterocycles. The summed E-state index contributed by atoms with van der Waals surface area (Å²) in [7, 11) is 0. The number of unbranched alkanes of at least 4 members (excludes halogenated alkanes) is 5. The summed E-state index contributed by atoms with van der Waals surface area (Å²) in [6.45, 7) is 4.51. The van der Waals surface area contributed by atoms with E-state index >= 15 is 0 Å². The van der Waals surface area contributed by atoms with Gasteiger partial charge in [0.15, 0.2) is 0 Å². The molecule has 0 rings (SSSR count). The van der Waals surface area contributed by atoms with Crippen LogP contribution in [0.15, 0.2) is 0 Å². The third-order valence-corrected chi connectivity index (χ3v) is 1.46. The number of hydrogen-bond acceptors (Lipinski definition) is 0. The van der Waals surface area contributed by atoms with Crippen LogP contribution in [-0.4, -0.2) is 0 Å². The second-order valence-corrected chi connectivity index (χ2v) is 2.41. The molecule has 0 saturated carbocycles. The molecule has 9 heavy (non-hydrogen) atoms. The maximum absolute atomic E-state index is 2.26. The maximum Gasteiger partial charge on any atom is 0 e. The van der Waals surface area contributed by atoms with Crippen LogP contribution in [0, 0.1) is 38.2 Å². The molecule has 0 unspecified atom stereocenters. The maximum atomic E-state index is 2.26. The first-order valence-corrected chi connectivity index (χ1v) is 3.91. The molecule has 0 aromatic rings. The Morgan fingerprint density at radius 3 is 1.22 bits per heavy atom. The smallest absolute Gasteiger partial charge is 0 e. The summed E-state index contributed by atoms with van der Waals surface area (Å²) in [5.74, 6) is 0. The summed E-state index contributed by atoms with van der Waals surface area (Å²) in [5, 5.41) is 0. The minimum absolute atomic E-state index is 0. The Bertz CT molecular complexity index is 29.5. The van der Waals surface area contributed by atoms with E-state index in [9.17, 15) is 0 Å². The van der Waals surface area contributed by atoms with E-state index in [1.54, 1.807) is 0 Å².